The van der Waals surface area contributed by atoms with Crippen LogP contribution in [-0.2, 0) is 0 Å². The molecule has 110 valence electrons. The summed E-state index contributed by atoms with van der Waals surface area (Å²) in [5, 5.41) is 10.1. The lowest BCUT2D eigenvalue weighted by atomic mass is 10.0. The number of ether oxygens (including phenoxy) is 1. The Morgan fingerprint density at radius 3 is 2.68 bits per heavy atom. The van der Waals surface area contributed by atoms with Crippen LogP contribution in [0.1, 0.15) is 15.9 Å². The van der Waals surface area contributed by atoms with E-state index in [9.17, 15) is 9.90 Å². The van der Waals surface area contributed by atoms with Crippen molar-refractivity contribution in [1.29, 1.82) is 0 Å². The lowest BCUT2D eigenvalue weighted by molar-refractivity contribution is 0.0699. The number of carbonyl (C=O) groups is 1. The molecule has 0 atom stereocenters. The molecule has 0 radical (unpaired) electrons. The van der Waals surface area contributed by atoms with Gasteiger partial charge in [-0.2, -0.15) is 0 Å². The zero-order valence-corrected chi connectivity index (χ0v) is 12.3. The van der Waals surface area contributed by atoms with Crippen LogP contribution in [0.5, 0.6) is 5.75 Å². The van der Waals surface area contributed by atoms with Gasteiger partial charge in [0.25, 0.3) is 0 Å². The van der Waals surface area contributed by atoms with Gasteiger partial charge in [0.05, 0.1) is 23.9 Å². The van der Waals surface area contributed by atoms with Crippen molar-refractivity contribution in [2.75, 3.05) is 7.11 Å². The molecule has 1 aromatic heterocycles. The highest BCUT2D eigenvalue weighted by Gasteiger charge is 2.13. The predicted octanol–water partition coefficient (Wildman–Crippen LogP) is 3.92. The third kappa shape index (κ3) is 2.51. The minimum Gasteiger partial charge on any atom is -0.497 e. The van der Waals surface area contributed by atoms with E-state index in [1.165, 1.54) is 0 Å². The molecule has 3 aromatic rings. The fourth-order valence-electron chi connectivity index (χ4n) is 2.45. The molecule has 4 heteroatoms. The summed E-state index contributed by atoms with van der Waals surface area (Å²) in [4.78, 5) is 16.2. The number of aromatic nitrogens is 1. The Morgan fingerprint density at radius 1 is 1.14 bits per heavy atom. The van der Waals surface area contributed by atoms with Crippen LogP contribution in [0.3, 0.4) is 0 Å². The summed E-state index contributed by atoms with van der Waals surface area (Å²) in [5.74, 6) is -0.248. The number of nitrogens with zero attached hydrogens (tertiary/aromatic N) is 1. The minimum atomic E-state index is -0.956. The van der Waals surface area contributed by atoms with Gasteiger partial charge in [0.2, 0.25) is 0 Å². The predicted molar refractivity (Wildman–Crippen MR) is 85.4 cm³/mol. The highest BCUT2D eigenvalue weighted by atomic mass is 16.5. The molecule has 0 fully saturated rings. The second kappa shape index (κ2) is 5.48. The van der Waals surface area contributed by atoms with E-state index >= 15 is 0 Å². The number of fused-ring (bicyclic) bond motifs is 1. The van der Waals surface area contributed by atoms with Crippen LogP contribution >= 0.6 is 0 Å². The second-order valence-electron chi connectivity index (χ2n) is 5.11. The average Bonchev–Trinajstić information content (AvgIpc) is 2.53. The number of carboxylic acids is 1. The fraction of sp³-hybridized carbons (Fsp3) is 0.111. The Hall–Kier alpha value is -2.88. The van der Waals surface area contributed by atoms with Crippen LogP contribution in [0.2, 0.25) is 0 Å². The lowest BCUT2D eigenvalue weighted by Crippen LogP contribution is -2.00. The van der Waals surface area contributed by atoms with Crippen LogP contribution in [0.15, 0.2) is 48.5 Å². The first-order chi connectivity index (χ1) is 10.6. The molecule has 0 aliphatic heterocycles. The average molecular weight is 293 g/mol. The van der Waals surface area contributed by atoms with Gasteiger partial charge in [-0.3, -0.25) is 0 Å². The number of rotatable bonds is 3. The molecule has 1 heterocycles. The molecule has 3 rings (SSSR count). The van der Waals surface area contributed by atoms with Gasteiger partial charge in [-0.1, -0.05) is 23.8 Å². The van der Waals surface area contributed by atoms with Gasteiger partial charge in [-0.25, -0.2) is 9.78 Å². The number of aromatic carboxylic acids is 1. The van der Waals surface area contributed by atoms with Gasteiger partial charge in [0.15, 0.2) is 0 Å². The highest BCUT2D eigenvalue weighted by molar-refractivity contribution is 6.04. The summed E-state index contributed by atoms with van der Waals surface area (Å²) < 4.78 is 5.21. The van der Waals surface area contributed by atoms with Crippen LogP contribution in [0.4, 0.5) is 0 Å². The normalized spacial score (nSPS) is 10.6. The van der Waals surface area contributed by atoms with Crippen LogP contribution < -0.4 is 4.74 Å². The minimum absolute atomic E-state index is 0.256. The van der Waals surface area contributed by atoms with E-state index < -0.39 is 5.97 Å². The Balaban J connectivity index is 2.26. The van der Waals surface area contributed by atoms with Gasteiger partial charge in [0, 0.05) is 10.9 Å². The zero-order valence-electron chi connectivity index (χ0n) is 12.3. The number of methoxy groups -OCH3 is 1. The molecule has 0 spiro atoms. The molecule has 0 aliphatic rings. The van der Waals surface area contributed by atoms with Gasteiger partial charge >= 0.3 is 5.97 Å². The molecule has 0 saturated carbocycles. The number of aryl methyl sites for hydroxylation is 1. The number of carboxylic acid groups (broad SMARTS) is 1. The summed E-state index contributed by atoms with van der Waals surface area (Å²) in [5.41, 5.74) is 3.37. The van der Waals surface area contributed by atoms with Crippen molar-refractivity contribution in [3.8, 4) is 17.0 Å². The van der Waals surface area contributed by atoms with Crippen molar-refractivity contribution in [2.45, 2.75) is 6.92 Å². The number of hydrogen-bond donors (Lipinski definition) is 1. The van der Waals surface area contributed by atoms with Crippen molar-refractivity contribution in [3.05, 3.63) is 59.7 Å². The Labute approximate surface area is 128 Å². The smallest absolute Gasteiger partial charge is 0.336 e. The van der Waals surface area contributed by atoms with E-state index in [1.807, 2.05) is 49.4 Å². The quantitative estimate of drug-likeness (QED) is 0.795. The molecule has 0 bridgehead atoms. The largest absolute Gasteiger partial charge is 0.497 e. The molecule has 4 nitrogen and oxygen atoms in total. The molecule has 0 aliphatic carbocycles. The van der Waals surface area contributed by atoms with E-state index in [0.717, 1.165) is 11.1 Å². The molecule has 22 heavy (non-hydrogen) atoms. The van der Waals surface area contributed by atoms with Gasteiger partial charge in [0.1, 0.15) is 5.75 Å². The van der Waals surface area contributed by atoms with Crippen LogP contribution in [0, 0.1) is 6.92 Å². The number of hydrogen-bond acceptors (Lipinski definition) is 3. The molecular formula is C18H15NO3. The molecule has 1 N–H and O–H groups in total. The van der Waals surface area contributed by atoms with Gasteiger partial charge in [-0.05, 0) is 37.3 Å². The molecule has 2 aromatic carbocycles. The van der Waals surface area contributed by atoms with Crippen molar-refractivity contribution in [2.24, 2.45) is 0 Å². The summed E-state index contributed by atoms with van der Waals surface area (Å²) in [6.07, 6.45) is 0. The molecule has 0 unspecified atom stereocenters. The number of benzene rings is 2. The van der Waals surface area contributed by atoms with Crippen LogP contribution in [0.25, 0.3) is 22.2 Å². The Bertz CT molecular complexity index is 871. The summed E-state index contributed by atoms with van der Waals surface area (Å²) in [6, 6.07) is 14.7. The summed E-state index contributed by atoms with van der Waals surface area (Å²) in [6.45, 7) is 1.93. The maximum Gasteiger partial charge on any atom is 0.336 e. The summed E-state index contributed by atoms with van der Waals surface area (Å²) in [7, 11) is 1.60. The van der Waals surface area contributed by atoms with Gasteiger partial charge in [-0.15, -0.1) is 0 Å². The van der Waals surface area contributed by atoms with Crippen LogP contribution in [-0.4, -0.2) is 23.2 Å². The van der Waals surface area contributed by atoms with Gasteiger partial charge < -0.3 is 9.84 Å². The molecule has 0 amide bonds. The van der Waals surface area contributed by atoms with E-state index in [4.69, 9.17) is 4.74 Å². The first-order valence-corrected chi connectivity index (χ1v) is 6.87. The Kier molecular flexibility index (Phi) is 3.51. The molecular weight excluding hydrogens is 278 g/mol. The van der Waals surface area contributed by atoms with E-state index in [1.54, 1.807) is 13.2 Å². The monoisotopic (exact) mass is 293 g/mol. The van der Waals surface area contributed by atoms with Crippen molar-refractivity contribution in [1.82, 2.24) is 4.98 Å². The van der Waals surface area contributed by atoms with Crippen molar-refractivity contribution in [3.63, 3.8) is 0 Å². The first-order valence-electron chi connectivity index (χ1n) is 6.87. The number of pyridine rings is 1. The second-order valence-corrected chi connectivity index (χ2v) is 5.11. The maximum absolute atomic E-state index is 11.6. The lowest BCUT2D eigenvalue weighted by Gasteiger charge is -2.09. The van der Waals surface area contributed by atoms with Crippen molar-refractivity contribution >= 4 is 16.9 Å². The Morgan fingerprint density at radius 2 is 1.95 bits per heavy atom. The molecule has 0 saturated heterocycles. The van der Waals surface area contributed by atoms with E-state index in [-0.39, 0.29) is 5.56 Å². The third-order valence-corrected chi connectivity index (χ3v) is 3.56. The van der Waals surface area contributed by atoms with E-state index in [0.29, 0.717) is 22.3 Å². The maximum atomic E-state index is 11.6. The first kappa shape index (κ1) is 14.1. The standard InChI is InChI=1S/C18H15NO3/c1-11-6-7-16-14(8-11)15(18(20)21)10-17(19-16)12-4-3-5-13(9-12)22-2/h3-10H,1-2H3,(H,20,21). The van der Waals surface area contributed by atoms with E-state index in [2.05, 4.69) is 4.98 Å². The highest BCUT2D eigenvalue weighted by Crippen LogP contribution is 2.27. The topological polar surface area (TPSA) is 59.4 Å². The van der Waals surface area contributed by atoms with Crippen molar-refractivity contribution < 1.29 is 14.6 Å². The zero-order chi connectivity index (χ0) is 15.7. The fourth-order valence-corrected chi connectivity index (χ4v) is 2.45. The third-order valence-electron chi connectivity index (χ3n) is 3.56. The summed E-state index contributed by atoms with van der Waals surface area (Å²) >= 11 is 0. The SMILES string of the molecule is COc1cccc(-c2cc(C(=O)O)c3cc(C)ccc3n2)c1.